The Bertz CT molecular complexity index is 884. The number of piperidine rings is 1. The first-order valence-corrected chi connectivity index (χ1v) is 7.96. The molecule has 0 aromatic carbocycles. The monoisotopic (exact) mass is 326 g/mol. The lowest BCUT2D eigenvalue weighted by atomic mass is 10.1. The molecule has 3 aromatic rings. The Morgan fingerprint density at radius 2 is 2.17 bits per heavy atom. The standard InChI is InChI=1S/C15H18N8O/c1-10-6-11(2)23-15(18-10)19-13(20-23)14(24)21-5-3-4-12(7-21)22-9-16-8-17-22/h6,8-9,12H,3-5,7H2,1-2H3/t12-/m0/s1. The van der Waals surface area contributed by atoms with Crippen LogP contribution in [-0.2, 0) is 0 Å². The molecule has 0 radical (unpaired) electrons. The third-order valence-corrected chi connectivity index (χ3v) is 4.30. The van der Waals surface area contributed by atoms with Crippen LogP contribution in [0.2, 0.25) is 0 Å². The van der Waals surface area contributed by atoms with Crippen LogP contribution in [0.4, 0.5) is 0 Å². The molecule has 4 heterocycles. The molecule has 0 N–H and O–H groups in total. The number of carbonyl (C=O) groups excluding carboxylic acids is 1. The zero-order chi connectivity index (χ0) is 16.7. The first-order valence-electron chi connectivity index (χ1n) is 7.96. The number of fused-ring (bicyclic) bond motifs is 1. The van der Waals surface area contributed by atoms with Gasteiger partial charge in [0, 0.05) is 24.5 Å². The number of nitrogens with zero attached hydrogens (tertiary/aromatic N) is 8. The molecule has 1 aliphatic rings. The smallest absolute Gasteiger partial charge is 0.293 e. The number of hydrogen-bond acceptors (Lipinski definition) is 6. The highest BCUT2D eigenvalue weighted by Crippen LogP contribution is 2.21. The van der Waals surface area contributed by atoms with Gasteiger partial charge in [-0.15, -0.1) is 5.10 Å². The first kappa shape index (κ1) is 14.7. The number of likely N-dealkylation sites (tertiary alicyclic amines) is 1. The summed E-state index contributed by atoms with van der Waals surface area (Å²) in [4.78, 5) is 27.2. The van der Waals surface area contributed by atoms with Crippen LogP contribution in [0.1, 0.15) is 40.9 Å². The van der Waals surface area contributed by atoms with E-state index in [9.17, 15) is 4.79 Å². The third-order valence-electron chi connectivity index (χ3n) is 4.30. The number of amides is 1. The topological polar surface area (TPSA) is 94.1 Å². The van der Waals surface area contributed by atoms with Crippen molar-refractivity contribution in [3.8, 4) is 0 Å². The van der Waals surface area contributed by atoms with Gasteiger partial charge < -0.3 is 4.90 Å². The molecule has 0 saturated carbocycles. The number of rotatable bonds is 2. The largest absolute Gasteiger partial charge is 0.334 e. The zero-order valence-electron chi connectivity index (χ0n) is 13.6. The van der Waals surface area contributed by atoms with E-state index < -0.39 is 0 Å². The van der Waals surface area contributed by atoms with Gasteiger partial charge in [0.2, 0.25) is 5.82 Å². The Balaban J connectivity index is 1.60. The van der Waals surface area contributed by atoms with Gasteiger partial charge in [-0.25, -0.2) is 19.2 Å². The lowest BCUT2D eigenvalue weighted by Gasteiger charge is -2.31. The number of aromatic nitrogens is 7. The predicted octanol–water partition coefficient (Wildman–Crippen LogP) is 0.810. The average molecular weight is 326 g/mol. The van der Waals surface area contributed by atoms with Crippen LogP contribution in [0.15, 0.2) is 18.7 Å². The van der Waals surface area contributed by atoms with Gasteiger partial charge in [-0.2, -0.15) is 10.1 Å². The second-order valence-corrected chi connectivity index (χ2v) is 6.11. The molecule has 1 amide bonds. The molecule has 0 unspecified atom stereocenters. The SMILES string of the molecule is Cc1cc(C)n2nc(C(=O)N3CCC[C@H](n4cncn4)C3)nc2n1. The summed E-state index contributed by atoms with van der Waals surface area (Å²) in [6.45, 7) is 5.11. The lowest BCUT2D eigenvalue weighted by Crippen LogP contribution is -2.41. The second kappa shape index (κ2) is 5.66. The minimum absolute atomic E-state index is 0.143. The quantitative estimate of drug-likeness (QED) is 0.692. The predicted molar refractivity (Wildman–Crippen MR) is 84.5 cm³/mol. The Hall–Kier alpha value is -2.84. The number of aryl methyl sites for hydroxylation is 2. The zero-order valence-corrected chi connectivity index (χ0v) is 13.6. The molecule has 1 aliphatic heterocycles. The normalized spacial score (nSPS) is 18.2. The van der Waals surface area contributed by atoms with E-state index in [0.717, 1.165) is 24.2 Å². The Kier molecular flexibility index (Phi) is 3.47. The van der Waals surface area contributed by atoms with Crippen LogP contribution in [0.5, 0.6) is 0 Å². The third kappa shape index (κ3) is 2.51. The summed E-state index contributed by atoms with van der Waals surface area (Å²) in [7, 11) is 0. The summed E-state index contributed by atoms with van der Waals surface area (Å²) in [6.07, 6.45) is 5.10. The molecule has 0 spiro atoms. The fourth-order valence-corrected chi connectivity index (χ4v) is 3.16. The van der Waals surface area contributed by atoms with Crippen LogP contribution in [0.25, 0.3) is 5.78 Å². The van der Waals surface area contributed by atoms with Crippen LogP contribution >= 0.6 is 0 Å². The van der Waals surface area contributed by atoms with E-state index in [1.54, 1.807) is 15.7 Å². The first-order chi connectivity index (χ1) is 11.6. The molecular weight excluding hydrogens is 308 g/mol. The van der Waals surface area contributed by atoms with Crippen molar-refractivity contribution in [2.45, 2.75) is 32.7 Å². The maximum absolute atomic E-state index is 12.8. The van der Waals surface area contributed by atoms with Gasteiger partial charge in [-0.1, -0.05) is 0 Å². The lowest BCUT2D eigenvalue weighted by molar-refractivity contribution is 0.0660. The Morgan fingerprint density at radius 1 is 1.29 bits per heavy atom. The fraction of sp³-hybridized carbons (Fsp3) is 0.467. The van der Waals surface area contributed by atoms with Crippen molar-refractivity contribution in [2.75, 3.05) is 13.1 Å². The summed E-state index contributed by atoms with van der Waals surface area (Å²) < 4.78 is 3.42. The van der Waals surface area contributed by atoms with E-state index in [0.29, 0.717) is 18.9 Å². The molecular formula is C15H18N8O. The average Bonchev–Trinajstić information content (AvgIpc) is 3.24. The molecule has 124 valence electrons. The van der Waals surface area contributed by atoms with Gasteiger partial charge in [-0.05, 0) is 32.8 Å². The van der Waals surface area contributed by atoms with Gasteiger partial charge in [0.1, 0.15) is 12.7 Å². The van der Waals surface area contributed by atoms with Crippen LogP contribution < -0.4 is 0 Å². The molecule has 24 heavy (non-hydrogen) atoms. The van der Waals surface area contributed by atoms with Crippen molar-refractivity contribution in [1.82, 2.24) is 39.2 Å². The van der Waals surface area contributed by atoms with Crippen LogP contribution in [0, 0.1) is 13.8 Å². The molecule has 4 rings (SSSR count). The van der Waals surface area contributed by atoms with E-state index in [4.69, 9.17) is 0 Å². The van der Waals surface area contributed by atoms with Crippen molar-refractivity contribution < 1.29 is 4.79 Å². The molecule has 1 atom stereocenters. The van der Waals surface area contributed by atoms with Gasteiger partial charge in [0.25, 0.3) is 11.7 Å². The Labute approximate surface area is 138 Å². The maximum atomic E-state index is 12.8. The number of carbonyl (C=O) groups is 1. The van der Waals surface area contributed by atoms with Crippen molar-refractivity contribution >= 4 is 11.7 Å². The fourth-order valence-electron chi connectivity index (χ4n) is 3.16. The number of hydrogen-bond donors (Lipinski definition) is 0. The van der Waals surface area contributed by atoms with Gasteiger partial charge in [0.05, 0.1) is 6.04 Å². The molecule has 1 saturated heterocycles. The van der Waals surface area contributed by atoms with Crippen molar-refractivity contribution in [3.63, 3.8) is 0 Å². The summed E-state index contributed by atoms with van der Waals surface area (Å²) in [6, 6.07) is 2.06. The maximum Gasteiger partial charge on any atom is 0.293 e. The van der Waals surface area contributed by atoms with Crippen molar-refractivity contribution in [1.29, 1.82) is 0 Å². The van der Waals surface area contributed by atoms with Crippen LogP contribution in [0.3, 0.4) is 0 Å². The van der Waals surface area contributed by atoms with E-state index in [1.807, 2.05) is 24.6 Å². The van der Waals surface area contributed by atoms with Gasteiger partial charge >= 0.3 is 0 Å². The molecule has 9 heteroatoms. The van der Waals surface area contributed by atoms with E-state index in [1.165, 1.54) is 6.33 Å². The van der Waals surface area contributed by atoms with Crippen molar-refractivity contribution in [3.05, 3.63) is 35.9 Å². The molecule has 3 aromatic heterocycles. The Morgan fingerprint density at radius 3 is 2.96 bits per heavy atom. The minimum atomic E-state index is -0.164. The van der Waals surface area contributed by atoms with Gasteiger partial charge in [0.15, 0.2) is 0 Å². The highest BCUT2D eigenvalue weighted by atomic mass is 16.2. The summed E-state index contributed by atoms with van der Waals surface area (Å²) in [5, 5.41) is 8.52. The minimum Gasteiger partial charge on any atom is -0.334 e. The van der Waals surface area contributed by atoms with E-state index >= 15 is 0 Å². The van der Waals surface area contributed by atoms with E-state index in [-0.39, 0.29) is 17.8 Å². The van der Waals surface area contributed by atoms with Crippen LogP contribution in [-0.4, -0.2) is 58.2 Å². The summed E-state index contributed by atoms with van der Waals surface area (Å²) in [5.74, 6) is 0.485. The highest BCUT2D eigenvalue weighted by Gasteiger charge is 2.28. The highest BCUT2D eigenvalue weighted by molar-refractivity contribution is 5.91. The second-order valence-electron chi connectivity index (χ2n) is 6.11. The molecule has 0 aliphatic carbocycles. The molecule has 0 bridgehead atoms. The summed E-state index contributed by atoms with van der Waals surface area (Å²) >= 11 is 0. The molecule has 1 fully saturated rings. The summed E-state index contributed by atoms with van der Waals surface area (Å²) in [5.41, 5.74) is 1.76. The van der Waals surface area contributed by atoms with E-state index in [2.05, 4.69) is 25.1 Å². The molecule has 9 nitrogen and oxygen atoms in total. The van der Waals surface area contributed by atoms with Gasteiger partial charge in [-0.3, -0.25) is 4.79 Å². The van der Waals surface area contributed by atoms with Crippen molar-refractivity contribution in [2.24, 2.45) is 0 Å².